The van der Waals surface area contributed by atoms with Crippen molar-refractivity contribution >= 4 is 17.4 Å². The van der Waals surface area contributed by atoms with Crippen LogP contribution in [0.1, 0.15) is 26.7 Å². The Morgan fingerprint density at radius 1 is 1.33 bits per heavy atom. The Labute approximate surface area is 95.5 Å². The maximum absolute atomic E-state index is 5.87. The van der Waals surface area contributed by atoms with Crippen LogP contribution < -0.4 is 4.90 Å². The van der Waals surface area contributed by atoms with Crippen LogP contribution in [0.25, 0.3) is 0 Å². The van der Waals surface area contributed by atoms with Gasteiger partial charge in [-0.2, -0.15) is 0 Å². The van der Waals surface area contributed by atoms with Crippen LogP contribution in [0, 0.1) is 5.92 Å². The van der Waals surface area contributed by atoms with E-state index in [9.17, 15) is 0 Å². The van der Waals surface area contributed by atoms with Gasteiger partial charge in [0.2, 0.25) is 0 Å². The molecule has 1 aromatic heterocycles. The monoisotopic (exact) mass is 225 g/mol. The molecule has 15 heavy (non-hydrogen) atoms. The smallest absolute Gasteiger partial charge is 0.134 e. The van der Waals surface area contributed by atoms with Crippen molar-refractivity contribution in [2.45, 2.75) is 32.7 Å². The Balaban J connectivity index is 2.21. The van der Waals surface area contributed by atoms with Gasteiger partial charge in [0.05, 0.1) is 0 Å². The van der Waals surface area contributed by atoms with Gasteiger partial charge in [-0.25, -0.2) is 9.97 Å². The summed E-state index contributed by atoms with van der Waals surface area (Å²) in [4.78, 5) is 10.5. The molecule has 1 aliphatic heterocycles. The van der Waals surface area contributed by atoms with Gasteiger partial charge in [-0.1, -0.05) is 18.5 Å². The molecule has 0 spiro atoms. The highest BCUT2D eigenvalue weighted by atomic mass is 35.5. The van der Waals surface area contributed by atoms with E-state index in [-0.39, 0.29) is 0 Å². The van der Waals surface area contributed by atoms with Crippen molar-refractivity contribution in [1.82, 2.24) is 9.97 Å². The molecule has 2 heterocycles. The summed E-state index contributed by atoms with van der Waals surface area (Å²) in [5.41, 5.74) is 0. The highest BCUT2D eigenvalue weighted by Crippen LogP contribution is 2.26. The van der Waals surface area contributed by atoms with Crippen molar-refractivity contribution in [1.29, 1.82) is 0 Å². The SMILES string of the molecule is CC1CCC(C)N(c2cc(Cl)ncn2)C1. The first kappa shape index (κ1) is 10.7. The van der Waals surface area contributed by atoms with Crippen molar-refractivity contribution in [3.05, 3.63) is 17.5 Å². The van der Waals surface area contributed by atoms with Crippen molar-refractivity contribution < 1.29 is 0 Å². The van der Waals surface area contributed by atoms with Crippen LogP contribution in [0.2, 0.25) is 5.15 Å². The van der Waals surface area contributed by atoms with Crippen molar-refractivity contribution in [2.75, 3.05) is 11.4 Å². The summed E-state index contributed by atoms with van der Waals surface area (Å²) in [6.45, 7) is 5.58. The number of hydrogen-bond acceptors (Lipinski definition) is 3. The minimum atomic E-state index is 0.519. The third kappa shape index (κ3) is 2.40. The van der Waals surface area contributed by atoms with E-state index in [4.69, 9.17) is 11.6 Å². The molecular weight excluding hydrogens is 210 g/mol. The lowest BCUT2D eigenvalue weighted by atomic mass is 9.95. The zero-order valence-corrected chi connectivity index (χ0v) is 9.91. The fourth-order valence-corrected chi connectivity index (χ4v) is 2.23. The quantitative estimate of drug-likeness (QED) is 0.689. The summed E-state index contributed by atoms with van der Waals surface area (Å²) in [6, 6.07) is 2.39. The van der Waals surface area contributed by atoms with E-state index < -0.39 is 0 Å². The molecule has 0 aromatic carbocycles. The summed E-state index contributed by atoms with van der Waals surface area (Å²) in [7, 11) is 0. The molecule has 0 N–H and O–H groups in total. The molecule has 0 bridgehead atoms. The third-order valence-electron chi connectivity index (χ3n) is 3.03. The molecule has 0 aliphatic carbocycles. The molecule has 0 amide bonds. The molecule has 1 saturated heterocycles. The number of piperidine rings is 1. The Morgan fingerprint density at radius 3 is 2.87 bits per heavy atom. The predicted octanol–water partition coefficient (Wildman–Crippen LogP) is 2.75. The van der Waals surface area contributed by atoms with Gasteiger partial charge in [0.15, 0.2) is 0 Å². The average molecular weight is 226 g/mol. The number of hydrogen-bond donors (Lipinski definition) is 0. The van der Waals surface area contributed by atoms with Crippen molar-refractivity contribution in [2.24, 2.45) is 5.92 Å². The van der Waals surface area contributed by atoms with Crippen LogP contribution in [-0.2, 0) is 0 Å². The van der Waals surface area contributed by atoms with E-state index in [1.54, 1.807) is 0 Å². The summed E-state index contributed by atoms with van der Waals surface area (Å²) in [5.74, 6) is 1.68. The topological polar surface area (TPSA) is 29.0 Å². The molecule has 1 fully saturated rings. The summed E-state index contributed by atoms with van der Waals surface area (Å²) in [6.07, 6.45) is 4.06. The van der Waals surface area contributed by atoms with Crippen molar-refractivity contribution in [3.63, 3.8) is 0 Å². The number of nitrogens with zero attached hydrogens (tertiary/aromatic N) is 3. The summed E-state index contributed by atoms with van der Waals surface area (Å²) >= 11 is 5.87. The zero-order valence-electron chi connectivity index (χ0n) is 9.15. The van der Waals surface area contributed by atoms with E-state index in [1.165, 1.54) is 19.2 Å². The fourth-order valence-electron chi connectivity index (χ4n) is 2.09. The second kappa shape index (κ2) is 4.35. The minimum Gasteiger partial charge on any atom is -0.354 e. The van der Waals surface area contributed by atoms with Gasteiger partial charge < -0.3 is 4.90 Å². The third-order valence-corrected chi connectivity index (χ3v) is 3.24. The lowest BCUT2D eigenvalue weighted by molar-refractivity contribution is 0.388. The summed E-state index contributed by atoms with van der Waals surface area (Å²) in [5, 5.41) is 0.519. The van der Waals surface area contributed by atoms with E-state index in [1.807, 2.05) is 6.07 Å². The van der Waals surface area contributed by atoms with Crippen LogP contribution in [0.5, 0.6) is 0 Å². The zero-order chi connectivity index (χ0) is 10.8. The second-order valence-electron chi connectivity index (χ2n) is 4.38. The van der Waals surface area contributed by atoms with Gasteiger partial charge in [0, 0.05) is 18.7 Å². The Bertz CT molecular complexity index is 342. The van der Waals surface area contributed by atoms with Crippen LogP contribution in [-0.4, -0.2) is 22.6 Å². The first-order valence-corrected chi connectivity index (χ1v) is 5.79. The van der Waals surface area contributed by atoms with Gasteiger partial charge in [-0.15, -0.1) is 0 Å². The molecular formula is C11H16ClN3. The standard InChI is InChI=1S/C11H16ClN3/c1-8-3-4-9(2)15(6-8)11-5-10(12)13-7-14-11/h5,7-9H,3-4,6H2,1-2H3. The minimum absolute atomic E-state index is 0.519. The average Bonchev–Trinajstić information content (AvgIpc) is 2.22. The number of anilines is 1. The second-order valence-corrected chi connectivity index (χ2v) is 4.77. The predicted molar refractivity (Wildman–Crippen MR) is 62.2 cm³/mol. The highest BCUT2D eigenvalue weighted by Gasteiger charge is 2.23. The molecule has 0 radical (unpaired) electrons. The maximum Gasteiger partial charge on any atom is 0.134 e. The normalized spacial score (nSPS) is 26.7. The van der Waals surface area contributed by atoms with Gasteiger partial charge >= 0.3 is 0 Å². The van der Waals surface area contributed by atoms with E-state index in [0.717, 1.165) is 18.3 Å². The Morgan fingerprint density at radius 2 is 2.13 bits per heavy atom. The lowest BCUT2D eigenvalue weighted by Crippen LogP contribution is -2.41. The van der Waals surface area contributed by atoms with Crippen molar-refractivity contribution in [3.8, 4) is 0 Å². The number of aromatic nitrogens is 2. The first-order valence-electron chi connectivity index (χ1n) is 5.41. The molecule has 1 aromatic rings. The van der Waals surface area contributed by atoms with E-state index in [0.29, 0.717) is 11.2 Å². The van der Waals surface area contributed by atoms with E-state index in [2.05, 4.69) is 28.7 Å². The Kier molecular flexibility index (Phi) is 3.10. The molecule has 1 aliphatic rings. The summed E-state index contributed by atoms with van der Waals surface area (Å²) < 4.78 is 0. The maximum atomic E-state index is 5.87. The number of rotatable bonds is 1. The molecule has 82 valence electrons. The molecule has 4 heteroatoms. The first-order chi connectivity index (χ1) is 7.16. The fraction of sp³-hybridized carbons (Fsp3) is 0.636. The van der Waals surface area contributed by atoms with Crippen LogP contribution in [0.15, 0.2) is 12.4 Å². The van der Waals surface area contributed by atoms with Crippen LogP contribution in [0.3, 0.4) is 0 Å². The van der Waals surface area contributed by atoms with Gasteiger partial charge in [-0.3, -0.25) is 0 Å². The lowest BCUT2D eigenvalue weighted by Gasteiger charge is -2.37. The Hall–Kier alpha value is -0.830. The molecule has 3 nitrogen and oxygen atoms in total. The van der Waals surface area contributed by atoms with Gasteiger partial charge in [0.25, 0.3) is 0 Å². The molecule has 2 atom stereocenters. The molecule has 2 rings (SSSR count). The van der Waals surface area contributed by atoms with Gasteiger partial charge in [-0.05, 0) is 25.7 Å². The van der Waals surface area contributed by atoms with Crippen LogP contribution >= 0.6 is 11.6 Å². The van der Waals surface area contributed by atoms with E-state index >= 15 is 0 Å². The molecule has 0 saturated carbocycles. The number of halogens is 1. The van der Waals surface area contributed by atoms with Gasteiger partial charge in [0.1, 0.15) is 17.3 Å². The molecule has 2 unspecified atom stereocenters. The highest BCUT2D eigenvalue weighted by molar-refractivity contribution is 6.29. The van der Waals surface area contributed by atoms with Crippen LogP contribution in [0.4, 0.5) is 5.82 Å². The largest absolute Gasteiger partial charge is 0.354 e.